The van der Waals surface area contributed by atoms with Crippen LogP contribution in [0.3, 0.4) is 0 Å². The molecule has 24 heavy (non-hydrogen) atoms. The SMILES string of the molecule is O=C(O)C1=CCC2C3C=CC(C(C(=O)O)C3C(=O)O)C2C1C(=O)O. The zero-order chi connectivity index (χ0) is 17.8. The number of hydrogen-bond acceptors (Lipinski definition) is 4. The van der Waals surface area contributed by atoms with Gasteiger partial charge in [0.1, 0.15) is 0 Å². The van der Waals surface area contributed by atoms with Crippen LogP contribution in [-0.2, 0) is 19.2 Å². The maximum absolute atomic E-state index is 11.7. The van der Waals surface area contributed by atoms with Gasteiger partial charge in [0.25, 0.3) is 0 Å². The molecule has 0 heterocycles. The second-order valence-electron chi connectivity index (χ2n) is 6.53. The van der Waals surface area contributed by atoms with Gasteiger partial charge in [-0.3, -0.25) is 14.4 Å². The summed E-state index contributed by atoms with van der Waals surface area (Å²) >= 11 is 0. The van der Waals surface area contributed by atoms with E-state index in [0.29, 0.717) is 0 Å². The highest BCUT2D eigenvalue weighted by Crippen LogP contribution is 2.57. The minimum Gasteiger partial charge on any atom is -0.481 e. The molecule has 4 rings (SSSR count). The number of carboxylic acids is 4. The van der Waals surface area contributed by atoms with Crippen molar-refractivity contribution in [1.82, 2.24) is 0 Å². The van der Waals surface area contributed by atoms with E-state index in [9.17, 15) is 39.6 Å². The van der Waals surface area contributed by atoms with Crippen molar-refractivity contribution in [2.75, 3.05) is 0 Å². The molecule has 0 aliphatic heterocycles. The van der Waals surface area contributed by atoms with Gasteiger partial charge in [-0.15, -0.1) is 0 Å². The lowest BCUT2D eigenvalue weighted by Crippen LogP contribution is -2.57. The Kier molecular flexibility index (Phi) is 3.70. The van der Waals surface area contributed by atoms with Gasteiger partial charge in [-0.25, -0.2) is 4.79 Å². The van der Waals surface area contributed by atoms with Crippen molar-refractivity contribution in [3.8, 4) is 0 Å². The molecular weight excluding hydrogens is 320 g/mol. The highest BCUT2D eigenvalue weighted by molar-refractivity contribution is 5.94. The fourth-order valence-electron chi connectivity index (χ4n) is 4.83. The Hall–Kier alpha value is -2.64. The van der Waals surface area contributed by atoms with Crippen molar-refractivity contribution in [2.45, 2.75) is 6.42 Å². The van der Waals surface area contributed by atoms with E-state index in [1.807, 2.05) is 0 Å². The van der Waals surface area contributed by atoms with E-state index >= 15 is 0 Å². The summed E-state index contributed by atoms with van der Waals surface area (Å²) in [5, 5.41) is 37.8. The maximum Gasteiger partial charge on any atom is 0.332 e. The van der Waals surface area contributed by atoms with Crippen LogP contribution >= 0.6 is 0 Å². The molecule has 7 unspecified atom stereocenters. The Morgan fingerprint density at radius 1 is 0.833 bits per heavy atom. The summed E-state index contributed by atoms with van der Waals surface area (Å²) in [6.07, 6.45) is 4.79. The molecule has 0 radical (unpaired) electrons. The van der Waals surface area contributed by atoms with Crippen LogP contribution in [0, 0.1) is 41.4 Å². The molecule has 4 N–H and O–H groups in total. The Morgan fingerprint density at radius 2 is 1.38 bits per heavy atom. The van der Waals surface area contributed by atoms with Gasteiger partial charge in [-0.05, 0) is 30.1 Å². The number of aliphatic carboxylic acids is 4. The first kappa shape index (κ1) is 16.2. The highest BCUT2D eigenvalue weighted by Gasteiger charge is 2.60. The first-order chi connectivity index (χ1) is 11.3. The summed E-state index contributed by atoms with van der Waals surface area (Å²) in [6.45, 7) is 0. The van der Waals surface area contributed by atoms with Crippen molar-refractivity contribution in [2.24, 2.45) is 41.4 Å². The van der Waals surface area contributed by atoms with Crippen molar-refractivity contribution in [3.05, 3.63) is 23.8 Å². The molecule has 4 aliphatic carbocycles. The quantitative estimate of drug-likeness (QED) is 0.544. The summed E-state index contributed by atoms with van der Waals surface area (Å²) in [5.41, 5.74) is -0.249. The van der Waals surface area contributed by atoms with Crippen LogP contribution < -0.4 is 0 Å². The number of fused-ring (bicyclic) bond motifs is 1. The van der Waals surface area contributed by atoms with Gasteiger partial charge < -0.3 is 20.4 Å². The fourth-order valence-corrected chi connectivity index (χ4v) is 4.83. The van der Waals surface area contributed by atoms with Gasteiger partial charge in [0.05, 0.1) is 17.8 Å². The number of allylic oxidation sites excluding steroid dienone is 3. The van der Waals surface area contributed by atoms with Gasteiger partial charge >= 0.3 is 23.9 Å². The lowest BCUT2D eigenvalue weighted by molar-refractivity contribution is -0.170. The minimum absolute atomic E-state index is 0.234. The van der Waals surface area contributed by atoms with Gasteiger partial charge in [-0.2, -0.15) is 0 Å². The third-order valence-electron chi connectivity index (χ3n) is 5.62. The zero-order valence-electron chi connectivity index (χ0n) is 12.4. The van der Waals surface area contributed by atoms with Gasteiger partial charge in [0.15, 0.2) is 0 Å². The Bertz CT molecular complexity index is 690. The summed E-state index contributed by atoms with van der Waals surface area (Å²) in [7, 11) is 0. The molecule has 1 fully saturated rings. The fraction of sp³-hybridized carbons (Fsp3) is 0.500. The molecule has 7 atom stereocenters. The summed E-state index contributed by atoms with van der Waals surface area (Å²) in [5.74, 6) is -11.5. The largest absolute Gasteiger partial charge is 0.481 e. The molecule has 0 saturated heterocycles. The van der Waals surface area contributed by atoms with E-state index in [1.54, 1.807) is 12.2 Å². The zero-order valence-corrected chi connectivity index (χ0v) is 12.4. The molecule has 0 amide bonds. The topological polar surface area (TPSA) is 149 Å². The van der Waals surface area contributed by atoms with Crippen molar-refractivity contribution >= 4 is 23.9 Å². The van der Waals surface area contributed by atoms with Crippen LogP contribution in [0.2, 0.25) is 0 Å². The summed E-state index contributed by atoms with van der Waals surface area (Å²) in [6, 6.07) is 0. The molecule has 4 aliphatic rings. The normalized spacial score (nSPS) is 39.7. The Labute approximate surface area is 136 Å². The Morgan fingerprint density at radius 3 is 1.88 bits per heavy atom. The van der Waals surface area contributed by atoms with E-state index in [4.69, 9.17) is 0 Å². The van der Waals surface area contributed by atoms with E-state index in [0.717, 1.165) is 0 Å². The number of hydrogen-bond donors (Lipinski definition) is 4. The third kappa shape index (κ3) is 2.13. The van der Waals surface area contributed by atoms with Crippen LogP contribution in [0.1, 0.15) is 6.42 Å². The highest BCUT2D eigenvalue weighted by atomic mass is 16.4. The molecule has 8 nitrogen and oxygen atoms in total. The van der Waals surface area contributed by atoms with Crippen molar-refractivity contribution < 1.29 is 39.6 Å². The predicted octanol–water partition coefficient (Wildman–Crippen LogP) is 0.552. The average molecular weight is 336 g/mol. The first-order valence-corrected chi connectivity index (χ1v) is 7.55. The van der Waals surface area contributed by atoms with Crippen molar-refractivity contribution in [1.29, 1.82) is 0 Å². The van der Waals surface area contributed by atoms with Crippen LogP contribution in [0.4, 0.5) is 0 Å². The third-order valence-corrected chi connectivity index (χ3v) is 5.62. The molecule has 1 saturated carbocycles. The van der Waals surface area contributed by atoms with Crippen molar-refractivity contribution in [3.63, 3.8) is 0 Å². The van der Waals surface area contributed by atoms with Crippen LogP contribution in [0.5, 0.6) is 0 Å². The molecule has 2 bridgehead atoms. The smallest absolute Gasteiger partial charge is 0.332 e. The minimum atomic E-state index is -1.34. The van der Waals surface area contributed by atoms with E-state index in [-0.39, 0.29) is 17.9 Å². The van der Waals surface area contributed by atoms with E-state index < -0.39 is 59.4 Å². The average Bonchev–Trinajstić information content (AvgIpc) is 2.52. The van der Waals surface area contributed by atoms with E-state index in [1.165, 1.54) is 6.08 Å². The summed E-state index contributed by atoms with van der Waals surface area (Å²) < 4.78 is 0. The summed E-state index contributed by atoms with van der Waals surface area (Å²) in [4.78, 5) is 46.3. The number of carboxylic acid groups (broad SMARTS) is 4. The van der Waals surface area contributed by atoms with Gasteiger partial charge in [-0.1, -0.05) is 18.2 Å². The van der Waals surface area contributed by atoms with Crippen LogP contribution in [0.15, 0.2) is 23.8 Å². The lowest BCUT2D eigenvalue weighted by Gasteiger charge is -2.54. The standard InChI is InChI=1S/C16H16O8/c17-13(18)8-4-2-5-6-1-3-7(9(5)12(8)16(23)24)11(15(21)22)10(6)14(19)20/h1,3-7,9-12H,2H2,(H,17,18)(H,19,20)(H,21,22)(H,23,24). The monoisotopic (exact) mass is 336 g/mol. The second kappa shape index (κ2) is 5.47. The van der Waals surface area contributed by atoms with Crippen LogP contribution in [-0.4, -0.2) is 44.3 Å². The molecule has 8 heteroatoms. The van der Waals surface area contributed by atoms with Gasteiger partial charge in [0, 0.05) is 5.57 Å². The Balaban J connectivity index is 2.12. The molecule has 0 aromatic carbocycles. The lowest BCUT2D eigenvalue weighted by atomic mass is 9.48. The molecule has 128 valence electrons. The molecule has 0 aromatic rings. The first-order valence-electron chi connectivity index (χ1n) is 7.55. The van der Waals surface area contributed by atoms with Gasteiger partial charge in [0.2, 0.25) is 0 Å². The predicted molar refractivity (Wildman–Crippen MR) is 76.8 cm³/mol. The number of carbonyl (C=O) groups is 4. The molecule has 0 aromatic heterocycles. The molecular formula is C16H16O8. The van der Waals surface area contributed by atoms with Crippen LogP contribution in [0.25, 0.3) is 0 Å². The maximum atomic E-state index is 11.7. The second-order valence-corrected chi connectivity index (χ2v) is 6.53. The molecule has 0 spiro atoms. The van der Waals surface area contributed by atoms with E-state index in [2.05, 4.69) is 0 Å². The number of rotatable bonds is 4.